The van der Waals surface area contributed by atoms with E-state index >= 15 is 0 Å². The van der Waals surface area contributed by atoms with Gasteiger partial charge in [-0.15, -0.1) is 13.2 Å². The molecule has 11 heteroatoms. The van der Waals surface area contributed by atoms with Gasteiger partial charge in [-0.25, -0.2) is 0 Å². The lowest BCUT2D eigenvalue weighted by Gasteiger charge is -2.42. The molecule has 0 saturated carbocycles. The van der Waals surface area contributed by atoms with Gasteiger partial charge in [-0.05, 0) is 64.9 Å². The smallest absolute Gasteiger partial charge is 0.313 e. The van der Waals surface area contributed by atoms with Crippen LogP contribution in [0.2, 0.25) is 0 Å². The zero-order valence-electron chi connectivity index (χ0n) is 28.9. The Balaban J connectivity index is 1.69. The van der Waals surface area contributed by atoms with Gasteiger partial charge in [-0.3, -0.25) is 19.2 Å². The van der Waals surface area contributed by atoms with E-state index < -0.39 is 53.2 Å². The van der Waals surface area contributed by atoms with E-state index in [1.807, 2.05) is 51.1 Å². The number of ether oxygens (including phenoxy) is 3. The molecule has 1 aromatic carbocycles. The number of esters is 1. The highest BCUT2D eigenvalue weighted by molar-refractivity contribution is 5.98. The largest absolute Gasteiger partial charge is 0.455 e. The summed E-state index contributed by atoms with van der Waals surface area (Å²) in [5.41, 5.74) is -1.08. The van der Waals surface area contributed by atoms with Crippen molar-refractivity contribution in [2.45, 2.75) is 101 Å². The van der Waals surface area contributed by atoms with Gasteiger partial charge in [0.25, 0.3) is 0 Å². The van der Waals surface area contributed by atoms with Crippen molar-refractivity contribution in [2.24, 2.45) is 11.8 Å². The molecular weight excluding hydrogens is 614 g/mol. The topological polar surface area (TPSA) is 135 Å². The van der Waals surface area contributed by atoms with Crippen molar-refractivity contribution in [1.82, 2.24) is 15.1 Å². The number of hydrogen-bond acceptors (Lipinski definition) is 8. The van der Waals surface area contributed by atoms with Gasteiger partial charge in [0.1, 0.15) is 17.7 Å². The summed E-state index contributed by atoms with van der Waals surface area (Å²) in [4.78, 5) is 59.5. The normalized spacial score (nSPS) is 25.7. The summed E-state index contributed by atoms with van der Waals surface area (Å²) in [6, 6.07) is 7.51. The maximum atomic E-state index is 14.5. The fourth-order valence-electron chi connectivity index (χ4n) is 7.61. The number of aliphatic hydroxyl groups excluding tert-OH is 1. The minimum Gasteiger partial charge on any atom is -0.455 e. The van der Waals surface area contributed by atoms with E-state index in [9.17, 15) is 24.3 Å². The van der Waals surface area contributed by atoms with Crippen LogP contribution in [0.25, 0.3) is 0 Å². The minimum atomic E-state index is -1.18. The van der Waals surface area contributed by atoms with Crippen molar-refractivity contribution < 1.29 is 38.5 Å². The van der Waals surface area contributed by atoms with Crippen LogP contribution in [-0.2, 0) is 33.4 Å². The SMILES string of the molecule is C=CCCC(=O)N[C@H](COC)[C@H](OC(=O)[C@@H]1[C@@H]2CC[C@]3(O2)[C@H](C(=O)N(CC=C)C(C)(C)C)N(CCCCCO)C(=O)[C@@H]13)c1ccccc1. The minimum absolute atomic E-state index is 0.0417. The van der Waals surface area contributed by atoms with E-state index in [0.717, 1.165) is 0 Å². The molecule has 3 fully saturated rings. The lowest BCUT2D eigenvalue weighted by molar-refractivity contribution is -0.163. The van der Waals surface area contributed by atoms with Crippen LogP contribution >= 0.6 is 0 Å². The van der Waals surface area contributed by atoms with Crippen LogP contribution in [0.15, 0.2) is 55.6 Å². The molecule has 0 radical (unpaired) electrons. The molecule has 0 unspecified atom stereocenters. The average molecular weight is 668 g/mol. The van der Waals surface area contributed by atoms with Crippen LogP contribution < -0.4 is 5.32 Å². The molecule has 11 nitrogen and oxygen atoms in total. The lowest BCUT2D eigenvalue weighted by atomic mass is 9.70. The summed E-state index contributed by atoms with van der Waals surface area (Å²) in [6.07, 6.45) is 5.35. The molecule has 1 aromatic rings. The van der Waals surface area contributed by atoms with Gasteiger partial charge in [0.15, 0.2) is 0 Å². The molecule has 264 valence electrons. The summed E-state index contributed by atoms with van der Waals surface area (Å²) >= 11 is 0. The predicted molar refractivity (Wildman–Crippen MR) is 180 cm³/mol. The number of fused-ring (bicyclic) bond motifs is 1. The zero-order valence-corrected chi connectivity index (χ0v) is 28.9. The maximum Gasteiger partial charge on any atom is 0.313 e. The molecule has 2 bridgehead atoms. The lowest BCUT2D eigenvalue weighted by Crippen LogP contribution is -2.59. The van der Waals surface area contributed by atoms with E-state index in [1.165, 1.54) is 7.11 Å². The number of rotatable bonds is 18. The fraction of sp³-hybridized carbons (Fsp3) is 0.622. The first-order valence-electron chi connectivity index (χ1n) is 17.1. The number of carbonyl (C=O) groups excluding carboxylic acids is 4. The molecule has 0 aliphatic carbocycles. The molecule has 2 N–H and O–H groups in total. The van der Waals surface area contributed by atoms with Crippen LogP contribution in [0, 0.1) is 11.8 Å². The summed E-state index contributed by atoms with van der Waals surface area (Å²) in [5, 5.41) is 12.3. The third-order valence-corrected chi connectivity index (χ3v) is 9.76. The summed E-state index contributed by atoms with van der Waals surface area (Å²) in [7, 11) is 1.51. The molecule has 1 spiro atoms. The first-order chi connectivity index (χ1) is 22.9. The summed E-state index contributed by atoms with van der Waals surface area (Å²) in [6.45, 7) is 14.1. The van der Waals surface area contributed by atoms with Gasteiger partial charge >= 0.3 is 5.97 Å². The van der Waals surface area contributed by atoms with Crippen LogP contribution in [0.1, 0.15) is 77.4 Å². The van der Waals surface area contributed by atoms with Crippen molar-refractivity contribution in [3.8, 4) is 0 Å². The average Bonchev–Trinajstić information content (AvgIpc) is 3.70. The fourth-order valence-corrected chi connectivity index (χ4v) is 7.61. The maximum absolute atomic E-state index is 14.5. The Hall–Kier alpha value is -3.54. The molecular formula is C37H53N3O8. The van der Waals surface area contributed by atoms with Crippen molar-refractivity contribution in [2.75, 3.05) is 33.4 Å². The molecule has 3 saturated heterocycles. The van der Waals surface area contributed by atoms with Gasteiger partial charge in [0, 0.05) is 38.8 Å². The predicted octanol–water partition coefficient (Wildman–Crippen LogP) is 3.72. The molecule has 3 aliphatic rings. The van der Waals surface area contributed by atoms with Gasteiger partial charge in [-0.1, -0.05) is 42.5 Å². The van der Waals surface area contributed by atoms with Crippen molar-refractivity contribution >= 4 is 23.7 Å². The zero-order chi connectivity index (χ0) is 35.1. The standard InChI is InChI=1S/C37H53N3O8/c1-7-9-18-28(42)38-26(24-46-6)31(25-16-12-10-13-17-25)47-35(45)29-27-19-20-37(48-27)30(29)33(43)39(22-14-11-15-23-41)32(37)34(44)40(21-8-2)36(3,4)5/h7-8,10,12-13,16-17,26-27,29-32,41H,1-2,9,11,14-15,18-24H2,3-6H3,(H,38,42)/t26-,27+,29-,30-,31-,32+,37-/m1/s1. The number of aliphatic hydroxyl groups is 1. The summed E-state index contributed by atoms with van der Waals surface area (Å²) < 4.78 is 18.4. The van der Waals surface area contributed by atoms with E-state index in [0.29, 0.717) is 57.2 Å². The summed E-state index contributed by atoms with van der Waals surface area (Å²) in [5.74, 6) is -3.21. The number of allylic oxidation sites excluding steroid dienone is 1. The molecule has 3 amide bonds. The highest BCUT2D eigenvalue weighted by atomic mass is 16.6. The van der Waals surface area contributed by atoms with Gasteiger partial charge in [0.05, 0.1) is 30.6 Å². The monoisotopic (exact) mass is 667 g/mol. The van der Waals surface area contributed by atoms with E-state index in [1.54, 1.807) is 22.0 Å². The Bertz CT molecular complexity index is 1310. The Kier molecular flexibility index (Phi) is 12.6. The number of hydrogen-bond donors (Lipinski definition) is 2. The van der Waals surface area contributed by atoms with Crippen molar-refractivity contribution in [3.63, 3.8) is 0 Å². The number of methoxy groups -OCH3 is 1. The first kappa shape index (κ1) is 37.3. The number of benzene rings is 1. The van der Waals surface area contributed by atoms with Crippen LogP contribution in [-0.4, -0.2) is 101 Å². The highest BCUT2D eigenvalue weighted by Gasteiger charge is 2.75. The number of nitrogens with zero attached hydrogens (tertiary/aromatic N) is 2. The van der Waals surface area contributed by atoms with Gasteiger partial charge in [-0.2, -0.15) is 0 Å². The second-order valence-electron chi connectivity index (χ2n) is 14.0. The van der Waals surface area contributed by atoms with E-state index in [2.05, 4.69) is 18.5 Å². The number of carbonyl (C=O) groups is 4. The molecule has 4 rings (SSSR count). The first-order valence-corrected chi connectivity index (χ1v) is 17.1. The van der Waals surface area contributed by atoms with Gasteiger partial charge < -0.3 is 34.4 Å². The van der Waals surface area contributed by atoms with Crippen molar-refractivity contribution in [1.29, 1.82) is 0 Å². The third kappa shape index (κ3) is 7.68. The van der Waals surface area contributed by atoms with Crippen LogP contribution in [0.4, 0.5) is 0 Å². The van der Waals surface area contributed by atoms with E-state index in [-0.39, 0.29) is 37.4 Å². The molecule has 3 heterocycles. The number of unbranched alkanes of at least 4 members (excludes halogenated alkanes) is 2. The van der Waals surface area contributed by atoms with Crippen LogP contribution in [0.5, 0.6) is 0 Å². The van der Waals surface area contributed by atoms with E-state index in [4.69, 9.17) is 14.2 Å². The molecule has 48 heavy (non-hydrogen) atoms. The Morgan fingerprint density at radius 1 is 1.17 bits per heavy atom. The third-order valence-electron chi connectivity index (χ3n) is 9.76. The second-order valence-corrected chi connectivity index (χ2v) is 14.0. The number of nitrogens with one attached hydrogen (secondary N) is 1. The molecule has 0 aromatic heterocycles. The van der Waals surface area contributed by atoms with Crippen molar-refractivity contribution in [3.05, 3.63) is 61.2 Å². The Morgan fingerprint density at radius 2 is 1.90 bits per heavy atom. The number of likely N-dealkylation sites (tertiary alicyclic amines) is 1. The quantitative estimate of drug-likeness (QED) is 0.138. The molecule has 7 atom stereocenters. The highest BCUT2D eigenvalue weighted by Crippen LogP contribution is 2.59. The molecule has 3 aliphatic heterocycles. The number of amides is 3. The Labute approximate surface area is 284 Å². The van der Waals surface area contributed by atoms with Crippen LogP contribution in [0.3, 0.4) is 0 Å². The second kappa shape index (κ2) is 16.2. The Morgan fingerprint density at radius 3 is 2.52 bits per heavy atom. The van der Waals surface area contributed by atoms with Gasteiger partial charge in [0.2, 0.25) is 17.7 Å².